The van der Waals surface area contributed by atoms with Gasteiger partial charge in [0.2, 0.25) is 5.91 Å². The summed E-state index contributed by atoms with van der Waals surface area (Å²) in [7, 11) is 1.65. The quantitative estimate of drug-likeness (QED) is 0.804. The lowest BCUT2D eigenvalue weighted by molar-refractivity contribution is -0.122. The molecule has 0 aromatic heterocycles. The van der Waals surface area contributed by atoms with Crippen LogP contribution in [0.4, 0.5) is 0 Å². The van der Waals surface area contributed by atoms with Crippen molar-refractivity contribution in [3.8, 4) is 11.5 Å². The van der Waals surface area contributed by atoms with Crippen LogP contribution in [0.2, 0.25) is 0 Å². The Kier molecular flexibility index (Phi) is 5.36. The number of carbonyl (C=O) groups is 1. The zero-order valence-electron chi connectivity index (χ0n) is 13.9. The first kappa shape index (κ1) is 16.4. The van der Waals surface area contributed by atoms with Crippen LogP contribution in [-0.2, 0) is 4.79 Å². The lowest BCUT2D eigenvalue weighted by atomic mass is 10.0. The molecule has 2 aromatic carbocycles. The first-order valence-corrected chi connectivity index (χ1v) is 8.37. The highest BCUT2D eigenvalue weighted by molar-refractivity contribution is 5.76. The lowest BCUT2D eigenvalue weighted by Gasteiger charge is -2.19. The Bertz CT molecular complexity index is 650. The van der Waals surface area contributed by atoms with Crippen molar-refractivity contribution in [3.63, 3.8) is 0 Å². The molecular formula is C20H23NO3. The van der Waals surface area contributed by atoms with E-state index < -0.39 is 0 Å². The number of hydrogen-bond acceptors (Lipinski definition) is 3. The van der Waals surface area contributed by atoms with E-state index in [1.165, 1.54) is 0 Å². The molecule has 1 fully saturated rings. The molecule has 24 heavy (non-hydrogen) atoms. The van der Waals surface area contributed by atoms with Crippen LogP contribution in [0.1, 0.15) is 30.9 Å². The van der Waals surface area contributed by atoms with Crippen molar-refractivity contribution in [2.45, 2.75) is 25.3 Å². The molecule has 0 spiro atoms. The van der Waals surface area contributed by atoms with Gasteiger partial charge in [0, 0.05) is 0 Å². The predicted octanol–water partition coefficient (Wildman–Crippen LogP) is 3.73. The van der Waals surface area contributed by atoms with Gasteiger partial charge in [0.15, 0.2) is 0 Å². The molecule has 1 amide bonds. The largest absolute Gasteiger partial charge is 0.497 e. The maximum Gasteiger partial charge on any atom is 0.223 e. The van der Waals surface area contributed by atoms with Crippen LogP contribution < -0.4 is 14.8 Å². The summed E-state index contributed by atoms with van der Waals surface area (Å²) in [4.78, 5) is 12.3. The molecule has 1 unspecified atom stereocenters. The highest BCUT2D eigenvalue weighted by Crippen LogP contribution is 2.41. The van der Waals surface area contributed by atoms with Crippen molar-refractivity contribution >= 4 is 5.91 Å². The topological polar surface area (TPSA) is 47.6 Å². The smallest absolute Gasteiger partial charge is 0.223 e. The highest BCUT2D eigenvalue weighted by atomic mass is 16.5. The summed E-state index contributed by atoms with van der Waals surface area (Å²) >= 11 is 0. The average molecular weight is 325 g/mol. The maximum absolute atomic E-state index is 12.3. The van der Waals surface area contributed by atoms with Gasteiger partial charge in [-0.05, 0) is 48.6 Å². The summed E-state index contributed by atoms with van der Waals surface area (Å²) in [6, 6.07) is 17.6. The Morgan fingerprint density at radius 1 is 1.08 bits per heavy atom. The third kappa shape index (κ3) is 4.51. The third-order valence-corrected chi connectivity index (χ3v) is 4.23. The molecule has 0 radical (unpaired) electrons. The zero-order chi connectivity index (χ0) is 16.8. The van der Waals surface area contributed by atoms with Gasteiger partial charge < -0.3 is 14.8 Å². The summed E-state index contributed by atoms with van der Waals surface area (Å²) in [5, 5.41) is 3.16. The fourth-order valence-corrected chi connectivity index (χ4v) is 2.74. The molecule has 3 rings (SSSR count). The van der Waals surface area contributed by atoms with Gasteiger partial charge in [0.1, 0.15) is 11.5 Å². The Morgan fingerprint density at radius 2 is 1.79 bits per heavy atom. The van der Waals surface area contributed by atoms with Crippen molar-refractivity contribution in [2.24, 2.45) is 5.92 Å². The molecule has 126 valence electrons. The first-order chi connectivity index (χ1) is 11.8. The molecule has 0 heterocycles. The van der Waals surface area contributed by atoms with Crippen molar-refractivity contribution in [1.82, 2.24) is 5.32 Å². The van der Waals surface area contributed by atoms with Crippen LogP contribution in [0.3, 0.4) is 0 Å². The van der Waals surface area contributed by atoms with Gasteiger partial charge in [-0.2, -0.15) is 0 Å². The van der Waals surface area contributed by atoms with Crippen molar-refractivity contribution in [1.29, 1.82) is 0 Å². The molecule has 1 aliphatic carbocycles. The summed E-state index contributed by atoms with van der Waals surface area (Å²) < 4.78 is 10.8. The van der Waals surface area contributed by atoms with Gasteiger partial charge in [0.05, 0.1) is 26.2 Å². The number of ether oxygens (including phenoxy) is 2. The van der Waals surface area contributed by atoms with Gasteiger partial charge >= 0.3 is 0 Å². The molecule has 1 N–H and O–H groups in total. The van der Waals surface area contributed by atoms with Gasteiger partial charge in [-0.15, -0.1) is 0 Å². The minimum atomic E-state index is 0.0265. The molecule has 0 aliphatic heterocycles. The van der Waals surface area contributed by atoms with E-state index in [1.807, 2.05) is 54.6 Å². The number of para-hydroxylation sites is 1. The monoisotopic (exact) mass is 325 g/mol. The lowest BCUT2D eigenvalue weighted by Crippen LogP contribution is -2.30. The molecule has 1 aliphatic rings. The predicted molar refractivity (Wildman–Crippen MR) is 93.2 cm³/mol. The fourth-order valence-electron chi connectivity index (χ4n) is 2.74. The van der Waals surface area contributed by atoms with E-state index >= 15 is 0 Å². The molecular weight excluding hydrogens is 302 g/mol. The minimum absolute atomic E-state index is 0.0265. The second-order valence-electron chi connectivity index (χ2n) is 6.07. The summed E-state index contributed by atoms with van der Waals surface area (Å²) in [5.41, 5.74) is 1.13. The molecule has 0 bridgehead atoms. The van der Waals surface area contributed by atoms with E-state index in [9.17, 15) is 4.79 Å². The molecule has 4 nitrogen and oxygen atoms in total. The number of carbonyl (C=O) groups excluding carboxylic acids is 1. The first-order valence-electron chi connectivity index (χ1n) is 8.37. The summed E-state index contributed by atoms with van der Waals surface area (Å²) in [6.07, 6.45) is 2.68. The SMILES string of the molecule is COc1ccc(C(NC(=O)CCOc2ccccc2)C2CC2)cc1. The highest BCUT2D eigenvalue weighted by Gasteiger charge is 2.33. The third-order valence-electron chi connectivity index (χ3n) is 4.23. The van der Waals surface area contributed by atoms with Crippen LogP contribution in [-0.4, -0.2) is 19.6 Å². The Hall–Kier alpha value is -2.49. The van der Waals surface area contributed by atoms with E-state index in [0.717, 1.165) is 29.9 Å². The number of amides is 1. The van der Waals surface area contributed by atoms with Crippen molar-refractivity contribution < 1.29 is 14.3 Å². The second-order valence-corrected chi connectivity index (χ2v) is 6.07. The van der Waals surface area contributed by atoms with Crippen LogP contribution >= 0.6 is 0 Å². The van der Waals surface area contributed by atoms with E-state index in [0.29, 0.717) is 18.9 Å². The molecule has 1 atom stereocenters. The molecule has 2 aromatic rings. The van der Waals surface area contributed by atoms with Crippen molar-refractivity contribution in [2.75, 3.05) is 13.7 Å². The Balaban J connectivity index is 1.52. The number of rotatable bonds is 8. The normalized spacial score (nSPS) is 14.7. The van der Waals surface area contributed by atoms with E-state index in [1.54, 1.807) is 7.11 Å². The maximum atomic E-state index is 12.3. The van der Waals surface area contributed by atoms with Crippen LogP contribution in [0.25, 0.3) is 0 Å². The Morgan fingerprint density at radius 3 is 2.42 bits per heavy atom. The number of nitrogens with one attached hydrogen (secondary N) is 1. The summed E-state index contributed by atoms with van der Waals surface area (Å²) in [5.74, 6) is 2.19. The second kappa shape index (κ2) is 7.86. The summed E-state index contributed by atoms with van der Waals surface area (Å²) in [6.45, 7) is 0.385. The van der Waals surface area contributed by atoms with Gasteiger partial charge in [-0.3, -0.25) is 4.79 Å². The van der Waals surface area contributed by atoms with E-state index in [4.69, 9.17) is 9.47 Å². The van der Waals surface area contributed by atoms with E-state index in [-0.39, 0.29) is 11.9 Å². The molecule has 1 saturated carbocycles. The standard InChI is InChI=1S/C20H23NO3/c1-23-17-11-9-16(10-12-17)20(15-7-8-15)21-19(22)13-14-24-18-5-3-2-4-6-18/h2-6,9-12,15,20H,7-8,13-14H2,1H3,(H,21,22). The van der Waals surface area contributed by atoms with Crippen molar-refractivity contribution in [3.05, 3.63) is 60.2 Å². The Labute approximate surface area is 142 Å². The van der Waals surface area contributed by atoms with E-state index in [2.05, 4.69) is 5.32 Å². The number of benzene rings is 2. The number of hydrogen-bond donors (Lipinski definition) is 1. The van der Waals surface area contributed by atoms with Gasteiger partial charge in [-0.25, -0.2) is 0 Å². The molecule has 0 saturated heterocycles. The fraction of sp³-hybridized carbons (Fsp3) is 0.350. The zero-order valence-corrected chi connectivity index (χ0v) is 13.9. The van der Waals surface area contributed by atoms with Crippen LogP contribution in [0.5, 0.6) is 11.5 Å². The average Bonchev–Trinajstić information content (AvgIpc) is 3.46. The molecule has 4 heteroatoms. The number of methoxy groups -OCH3 is 1. The van der Waals surface area contributed by atoms with Gasteiger partial charge in [0.25, 0.3) is 0 Å². The van der Waals surface area contributed by atoms with Gasteiger partial charge in [-0.1, -0.05) is 30.3 Å². The van der Waals surface area contributed by atoms with Crippen LogP contribution in [0.15, 0.2) is 54.6 Å². The minimum Gasteiger partial charge on any atom is -0.497 e. The van der Waals surface area contributed by atoms with Crippen LogP contribution in [0, 0.1) is 5.92 Å².